The van der Waals surface area contributed by atoms with Crippen molar-refractivity contribution in [3.8, 4) is 16.9 Å². The number of aliphatic hydroxyl groups is 1. The number of carbonyl (C=O) groups excluding carboxylic acids is 2. The molecule has 194 valence electrons. The zero-order valence-electron chi connectivity index (χ0n) is 20.2. The van der Waals surface area contributed by atoms with Crippen molar-refractivity contribution in [1.82, 2.24) is 10.4 Å². The van der Waals surface area contributed by atoms with E-state index in [1.165, 1.54) is 35.9 Å². The molecule has 1 aliphatic rings. The molecule has 2 amide bonds. The molecule has 0 aromatic heterocycles. The van der Waals surface area contributed by atoms with E-state index in [4.69, 9.17) is 4.74 Å². The van der Waals surface area contributed by atoms with Crippen molar-refractivity contribution in [2.24, 2.45) is 0 Å². The van der Waals surface area contributed by atoms with Gasteiger partial charge >= 0.3 is 0 Å². The van der Waals surface area contributed by atoms with Crippen LogP contribution in [0.3, 0.4) is 0 Å². The number of halogens is 2. The first-order valence-corrected chi connectivity index (χ1v) is 12.7. The number of hydrogen-bond donors (Lipinski definition) is 2. The van der Waals surface area contributed by atoms with E-state index in [0.717, 1.165) is 11.1 Å². The molecule has 0 bridgehead atoms. The minimum absolute atomic E-state index is 0.0456. The molecule has 0 unspecified atom stereocenters. The van der Waals surface area contributed by atoms with E-state index in [2.05, 4.69) is 10.3 Å². The minimum atomic E-state index is -0.906. The van der Waals surface area contributed by atoms with Crippen LogP contribution in [0.1, 0.15) is 22.3 Å². The Morgan fingerprint density at radius 3 is 2.54 bits per heavy atom. The van der Waals surface area contributed by atoms with Gasteiger partial charge in [-0.05, 0) is 59.3 Å². The Bertz CT molecular complexity index is 1290. The molecule has 3 aromatic rings. The molecule has 1 saturated heterocycles. The van der Waals surface area contributed by atoms with Crippen molar-refractivity contribution < 1.29 is 33.1 Å². The highest BCUT2D eigenvalue weighted by Crippen LogP contribution is 2.33. The summed E-state index contributed by atoms with van der Waals surface area (Å²) >= 11 is 1.33. The predicted octanol–water partition coefficient (Wildman–Crippen LogP) is 4.19. The van der Waals surface area contributed by atoms with Gasteiger partial charge in [0.15, 0.2) is 11.6 Å². The van der Waals surface area contributed by atoms with Crippen molar-refractivity contribution in [3.63, 3.8) is 0 Å². The van der Waals surface area contributed by atoms with E-state index >= 15 is 0 Å². The number of carbonyl (C=O) groups is 2. The number of aliphatic hydroxyl groups excluding tert-OH is 1. The van der Waals surface area contributed by atoms with E-state index in [1.54, 1.807) is 48.7 Å². The summed E-state index contributed by atoms with van der Waals surface area (Å²) in [5, 5.41) is 10.0. The summed E-state index contributed by atoms with van der Waals surface area (Å²) in [5.41, 5.74) is 4.63. The van der Waals surface area contributed by atoms with Crippen LogP contribution in [0.25, 0.3) is 11.1 Å². The van der Waals surface area contributed by atoms with E-state index in [-0.39, 0.29) is 25.5 Å². The molecule has 1 heterocycles. The maximum atomic E-state index is 13.8. The predicted molar refractivity (Wildman–Crippen MR) is 135 cm³/mol. The van der Waals surface area contributed by atoms with Gasteiger partial charge in [0.1, 0.15) is 18.4 Å². The van der Waals surface area contributed by atoms with Crippen molar-refractivity contribution in [2.45, 2.75) is 30.1 Å². The Balaban J connectivity index is 1.44. The molecule has 0 aliphatic carbocycles. The summed E-state index contributed by atoms with van der Waals surface area (Å²) in [6.45, 7) is 0.224. The maximum absolute atomic E-state index is 13.8. The van der Waals surface area contributed by atoms with Gasteiger partial charge in [-0.2, -0.15) is 0 Å². The van der Waals surface area contributed by atoms with Gasteiger partial charge in [-0.1, -0.05) is 24.3 Å². The number of β-amino-alcohol motifs (C(OH)–C–C–N with tert-alkyl or cyclic N) is 1. The number of rotatable bonds is 8. The van der Waals surface area contributed by atoms with Crippen LogP contribution in [0.4, 0.5) is 8.78 Å². The lowest BCUT2D eigenvalue weighted by Gasteiger charge is -2.23. The van der Waals surface area contributed by atoms with Gasteiger partial charge in [0.25, 0.3) is 11.8 Å². The largest absolute Gasteiger partial charge is 0.489 e. The minimum Gasteiger partial charge on any atom is -0.489 e. The van der Waals surface area contributed by atoms with E-state index in [0.29, 0.717) is 21.8 Å². The second-order valence-electron chi connectivity index (χ2n) is 8.51. The summed E-state index contributed by atoms with van der Waals surface area (Å²) in [5.74, 6) is -2.11. The second-order valence-corrected chi connectivity index (χ2v) is 9.36. The second kappa shape index (κ2) is 11.7. The third-order valence-corrected chi connectivity index (χ3v) is 6.81. The van der Waals surface area contributed by atoms with Gasteiger partial charge in [0, 0.05) is 23.4 Å². The molecule has 0 saturated carbocycles. The van der Waals surface area contributed by atoms with E-state index in [9.17, 15) is 23.5 Å². The number of likely N-dealkylation sites (tertiary alicyclic amines) is 1. The molecule has 4 rings (SSSR count). The molecule has 2 atom stereocenters. The first-order valence-electron chi connectivity index (χ1n) is 11.5. The molecule has 0 spiro atoms. The molecule has 7 nitrogen and oxygen atoms in total. The lowest BCUT2D eigenvalue weighted by molar-refractivity contribution is -0.135. The van der Waals surface area contributed by atoms with Gasteiger partial charge in [0.05, 0.1) is 13.2 Å². The summed E-state index contributed by atoms with van der Waals surface area (Å²) < 4.78 is 33.3. The Morgan fingerprint density at radius 2 is 1.84 bits per heavy atom. The number of thioether (sulfide) groups is 1. The molecular weight excluding hydrogens is 502 g/mol. The standard InChI is InChI=1S/C27H26F2N2O5S/c1-35-30-26(33)24-11-19(32)14-31(24)27(34)18-5-3-4-16(10-18)15-36-20-8-6-17(7-9-20)21-12-22(28)23(29)13-25(21)37-2/h3-10,12-13,19,24,32H,11,14-15H2,1-2H3,(H,30,33)/t19-,24+/m1/s1. The fourth-order valence-electron chi connectivity index (χ4n) is 4.24. The van der Waals surface area contributed by atoms with Crippen LogP contribution in [-0.4, -0.2) is 53.9 Å². The molecule has 1 fully saturated rings. The molecule has 0 radical (unpaired) electrons. The van der Waals surface area contributed by atoms with Gasteiger partial charge in [-0.15, -0.1) is 11.8 Å². The van der Waals surface area contributed by atoms with Gasteiger partial charge in [0.2, 0.25) is 0 Å². The van der Waals surface area contributed by atoms with E-state index in [1.807, 2.05) is 6.07 Å². The number of amides is 2. The fraction of sp³-hybridized carbons (Fsp3) is 0.259. The Morgan fingerprint density at radius 1 is 1.11 bits per heavy atom. The summed E-state index contributed by atoms with van der Waals surface area (Å²) in [6, 6.07) is 15.4. The quantitative estimate of drug-likeness (QED) is 0.337. The zero-order chi connectivity index (χ0) is 26.5. The van der Waals surface area contributed by atoms with Crippen LogP contribution in [0, 0.1) is 11.6 Å². The van der Waals surface area contributed by atoms with E-state index < -0.39 is 29.7 Å². The normalized spacial score (nSPS) is 17.1. The average Bonchev–Trinajstić information content (AvgIpc) is 3.30. The van der Waals surface area contributed by atoms with Gasteiger partial charge in [-0.25, -0.2) is 14.3 Å². The third-order valence-electron chi connectivity index (χ3n) is 6.03. The van der Waals surface area contributed by atoms with Crippen LogP contribution < -0.4 is 10.2 Å². The lowest BCUT2D eigenvalue weighted by atomic mass is 10.1. The highest BCUT2D eigenvalue weighted by Gasteiger charge is 2.39. The van der Waals surface area contributed by atoms with Crippen LogP contribution in [0.2, 0.25) is 0 Å². The number of nitrogens with zero attached hydrogens (tertiary/aromatic N) is 1. The molecule has 3 aromatic carbocycles. The SMILES string of the molecule is CONC(=O)[C@@H]1C[C@@H](O)CN1C(=O)c1cccc(COc2ccc(-c3cc(F)c(F)cc3SC)cc2)c1. The Labute approximate surface area is 217 Å². The van der Waals surface area contributed by atoms with Gasteiger partial charge in [-0.3, -0.25) is 14.4 Å². The third kappa shape index (κ3) is 6.10. The molecule has 10 heteroatoms. The topological polar surface area (TPSA) is 88.1 Å². The summed E-state index contributed by atoms with van der Waals surface area (Å²) in [6.07, 6.45) is 1.12. The van der Waals surface area contributed by atoms with Gasteiger partial charge < -0.3 is 14.7 Å². The van der Waals surface area contributed by atoms with Crippen LogP contribution in [-0.2, 0) is 16.2 Å². The smallest absolute Gasteiger partial charge is 0.266 e. The number of nitrogens with one attached hydrogen (secondary N) is 1. The molecule has 1 aliphatic heterocycles. The number of ether oxygens (including phenoxy) is 1. The van der Waals surface area contributed by atoms with Crippen LogP contribution in [0.5, 0.6) is 5.75 Å². The zero-order valence-corrected chi connectivity index (χ0v) is 21.1. The Kier molecular flexibility index (Phi) is 8.42. The highest BCUT2D eigenvalue weighted by atomic mass is 32.2. The number of hydroxylamine groups is 1. The molecule has 37 heavy (non-hydrogen) atoms. The van der Waals surface area contributed by atoms with Crippen molar-refractivity contribution >= 4 is 23.6 Å². The lowest BCUT2D eigenvalue weighted by Crippen LogP contribution is -2.45. The summed E-state index contributed by atoms with van der Waals surface area (Å²) in [4.78, 5) is 32.0. The van der Waals surface area contributed by atoms with Crippen molar-refractivity contribution in [1.29, 1.82) is 0 Å². The van der Waals surface area contributed by atoms with Crippen molar-refractivity contribution in [3.05, 3.63) is 83.4 Å². The number of benzene rings is 3. The Hall–Kier alpha value is -3.47. The molecular formula is C27H26F2N2O5S. The number of hydrogen-bond acceptors (Lipinski definition) is 6. The van der Waals surface area contributed by atoms with Crippen molar-refractivity contribution in [2.75, 3.05) is 19.9 Å². The first kappa shape index (κ1) is 26.6. The highest BCUT2D eigenvalue weighted by molar-refractivity contribution is 7.98. The fourth-order valence-corrected chi connectivity index (χ4v) is 4.85. The monoisotopic (exact) mass is 528 g/mol. The van der Waals surface area contributed by atoms with Crippen LogP contribution >= 0.6 is 11.8 Å². The first-order chi connectivity index (χ1) is 17.8. The maximum Gasteiger partial charge on any atom is 0.266 e. The molecule has 2 N–H and O–H groups in total. The average molecular weight is 529 g/mol. The summed E-state index contributed by atoms with van der Waals surface area (Å²) in [7, 11) is 1.30. The van der Waals surface area contributed by atoms with Crippen LogP contribution in [0.15, 0.2) is 65.6 Å².